The van der Waals surface area contributed by atoms with Crippen molar-refractivity contribution in [2.45, 2.75) is 45.1 Å². The van der Waals surface area contributed by atoms with Crippen molar-refractivity contribution in [3.63, 3.8) is 0 Å². The Bertz CT molecular complexity index is 445. The molecule has 0 aliphatic heterocycles. The molecule has 0 aromatic carbocycles. The highest BCUT2D eigenvalue weighted by molar-refractivity contribution is 5.87. The summed E-state index contributed by atoms with van der Waals surface area (Å²) in [7, 11) is 1.38. The summed E-state index contributed by atoms with van der Waals surface area (Å²) >= 11 is 0. The van der Waals surface area contributed by atoms with E-state index in [9.17, 15) is 9.90 Å². The van der Waals surface area contributed by atoms with Crippen molar-refractivity contribution in [2.24, 2.45) is 5.41 Å². The van der Waals surface area contributed by atoms with E-state index >= 15 is 0 Å². The number of nitrogens with one attached hydrogen (secondary N) is 2. The van der Waals surface area contributed by atoms with Gasteiger partial charge in [-0.25, -0.2) is 4.79 Å². The third-order valence-corrected chi connectivity index (χ3v) is 4.53. The normalized spacial score (nSPS) is 17.6. The second-order valence-corrected chi connectivity index (χ2v) is 6.05. The van der Waals surface area contributed by atoms with Crippen LogP contribution in [0.5, 0.6) is 0 Å². The van der Waals surface area contributed by atoms with Gasteiger partial charge < -0.3 is 20.1 Å². The molecule has 1 aromatic rings. The van der Waals surface area contributed by atoms with E-state index in [1.165, 1.54) is 39.2 Å². The van der Waals surface area contributed by atoms with Crippen LogP contribution in [0.25, 0.3) is 0 Å². The second-order valence-electron chi connectivity index (χ2n) is 6.05. The van der Waals surface area contributed by atoms with E-state index in [1.807, 2.05) is 12.3 Å². The molecule has 0 radical (unpaired) electrons. The molecule has 1 aromatic heterocycles. The molecule has 0 atom stereocenters. The summed E-state index contributed by atoms with van der Waals surface area (Å²) in [4.78, 5) is 14.3. The molecular weight excluding hydrogens is 268 g/mol. The molecular formula is C16H26N2O3. The van der Waals surface area contributed by atoms with E-state index in [0.717, 1.165) is 25.1 Å². The molecule has 118 valence electrons. The number of ether oxygens (including phenoxy) is 1. The first-order valence-electron chi connectivity index (χ1n) is 7.76. The molecule has 1 heterocycles. The molecule has 1 aliphatic rings. The molecule has 3 N–H and O–H groups in total. The second kappa shape index (κ2) is 7.61. The molecule has 5 heteroatoms. The number of H-pyrrole nitrogens is 1. The minimum Gasteiger partial charge on any atom is -0.464 e. The zero-order valence-corrected chi connectivity index (χ0v) is 12.8. The Morgan fingerprint density at radius 2 is 2.19 bits per heavy atom. The van der Waals surface area contributed by atoms with Crippen LogP contribution in [-0.2, 0) is 11.3 Å². The lowest BCUT2D eigenvalue weighted by Gasteiger charge is -2.37. The highest BCUT2D eigenvalue weighted by Crippen LogP contribution is 2.38. The maximum atomic E-state index is 11.4. The van der Waals surface area contributed by atoms with Crippen LogP contribution in [0.4, 0.5) is 0 Å². The van der Waals surface area contributed by atoms with Gasteiger partial charge in [-0.3, -0.25) is 0 Å². The van der Waals surface area contributed by atoms with Gasteiger partial charge in [-0.05, 0) is 36.3 Å². The van der Waals surface area contributed by atoms with Gasteiger partial charge in [0.05, 0.1) is 7.11 Å². The summed E-state index contributed by atoms with van der Waals surface area (Å²) in [5.41, 5.74) is 1.77. The summed E-state index contributed by atoms with van der Waals surface area (Å²) in [5.74, 6) is -0.342. The van der Waals surface area contributed by atoms with Crippen LogP contribution in [0.2, 0.25) is 0 Å². The first-order valence-corrected chi connectivity index (χ1v) is 7.76. The average Bonchev–Trinajstić information content (AvgIpc) is 2.96. The Kier molecular flexibility index (Phi) is 5.82. The van der Waals surface area contributed by atoms with Gasteiger partial charge in [0, 0.05) is 25.9 Å². The number of esters is 1. The number of aromatic amines is 1. The van der Waals surface area contributed by atoms with Gasteiger partial charge in [-0.15, -0.1) is 0 Å². The van der Waals surface area contributed by atoms with Crippen LogP contribution in [0, 0.1) is 5.41 Å². The van der Waals surface area contributed by atoms with Crippen molar-refractivity contribution in [1.29, 1.82) is 0 Å². The van der Waals surface area contributed by atoms with Crippen LogP contribution in [0.15, 0.2) is 12.3 Å². The number of carbonyl (C=O) groups excluding carboxylic acids is 1. The number of aromatic nitrogens is 1. The molecule has 0 spiro atoms. The number of rotatable bonds is 7. The van der Waals surface area contributed by atoms with Crippen LogP contribution >= 0.6 is 0 Å². The van der Waals surface area contributed by atoms with Crippen molar-refractivity contribution >= 4 is 5.97 Å². The smallest absolute Gasteiger partial charge is 0.354 e. The van der Waals surface area contributed by atoms with Crippen LogP contribution in [0.1, 0.15) is 54.6 Å². The molecule has 1 fully saturated rings. The molecule has 0 amide bonds. The topological polar surface area (TPSA) is 74.3 Å². The van der Waals surface area contributed by atoms with E-state index in [-0.39, 0.29) is 18.0 Å². The predicted molar refractivity (Wildman–Crippen MR) is 81.1 cm³/mol. The summed E-state index contributed by atoms with van der Waals surface area (Å²) in [5, 5.41) is 12.8. The minimum absolute atomic E-state index is 0.245. The van der Waals surface area contributed by atoms with Gasteiger partial charge in [-0.2, -0.15) is 0 Å². The maximum Gasteiger partial charge on any atom is 0.354 e. The Labute approximate surface area is 126 Å². The number of carbonyl (C=O) groups is 1. The molecule has 0 saturated heterocycles. The number of aliphatic hydroxyl groups is 1. The Morgan fingerprint density at radius 1 is 1.43 bits per heavy atom. The van der Waals surface area contributed by atoms with Crippen molar-refractivity contribution in [2.75, 3.05) is 20.3 Å². The quantitative estimate of drug-likeness (QED) is 0.674. The fourth-order valence-electron chi connectivity index (χ4n) is 3.30. The summed E-state index contributed by atoms with van der Waals surface area (Å²) < 4.78 is 4.68. The van der Waals surface area contributed by atoms with E-state index < -0.39 is 0 Å². The standard InChI is InChI=1S/C16H26N2O3/c1-21-15(20)14-9-13(11-18-14)10-17-12-16(7-8-19)5-3-2-4-6-16/h9,11,17-19H,2-8,10,12H2,1H3. The van der Waals surface area contributed by atoms with Crippen molar-refractivity contribution in [3.8, 4) is 0 Å². The molecule has 1 saturated carbocycles. The lowest BCUT2D eigenvalue weighted by atomic mass is 9.72. The zero-order valence-electron chi connectivity index (χ0n) is 12.8. The molecule has 2 rings (SSSR count). The number of methoxy groups -OCH3 is 1. The maximum absolute atomic E-state index is 11.4. The minimum atomic E-state index is -0.342. The van der Waals surface area contributed by atoms with E-state index in [1.54, 1.807) is 0 Å². The van der Waals surface area contributed by atoms with Gasteiger partial charge in [0.1, 0.15) is 5.69 Å². The summed E-state index contributed by atoms with van der Waals surface area (Å²) in [6, 6.07) is 1.82. The van der Waals surface area contributed by atoms with Crippen molar-refractivity contribution in [3.05, 3.63) is 23.5 Å². The van der Waals surface area contributed by atoms with Crippen molar-refractivity contribution < 1.29 is 14.6 Å². The third kappa shape index (κ3) is 4.32. The first kappa shape index (κ1) is 16.0. The fourth-order valence-corrected chi connectivity index (χ4v) is 3.30. The Morgan fingerprint density at radius 3 is 2.86 bits per heavy atom. The molecule has 0 unspecified atom stereocenters. The molecule has 0 bridgehead atoms. The fraction of sp³-hybridized carbons (Fsp3) is 0.688. The van der Waals surface area contributed by atoms with E-state index in [4.69, 9.17) is 0 Å². The average molecular weight is 294 g/mol. The zero-order chi connectivity index (χ0) is 15.1. The highest BCUT2D eigenvalue weighted by Gasteiger charge is 2.30. The Balaban J connectivity index is 1.84. The largest absolute Gasteiger partial charge is 0.464 e. The first-order chi connectivity index (χ1) is 10.2. The summed E-state index contributed by atoms with van der Waals surface area (Å²) in [6.07, 6.45) is 8.94. The molecule has 21 heavy (non-hydrogen) atoms. The third-order valence-electron chi connectivity index (χ3n) is 4.53. The lowest BCUT2D eigenvalue weighted by Crippen LogP contribution is -2.36. The number of hydrogen-bond acceptors (Lipinski definition) is 4. The van der Waals surface area contributed by atoms with E-state index in [2.05, 4.69) is 15.0 Å². The Hall–Kier alpha value is -1.33. The highest BCUT2D eigenvalue weighted by atomic mass is 16.5. The predicted octanol–water partition coefficient (Wildman–Crippen LogP) is 2.22. The number of hydrogen-bond donors (Lipinski definition) is 3. The van der Waals surface area contributed by atoms with Crippen LogP contribution < -0.4 is 5.32 Å². The molecule has 5 nitrogen and oxygen atoms in total. The SMILES string of the molecule is COC(=O)c1cc(CNCC2(CCO)CCCCC2)c[nH]1. The van der Waals surface area contributed by atoms with Crippen molar-refractivity contribution in [1.82, 2.24) is 10.3 Å². The summed E-state index contributed by atoms with van der Waals surface area (Å²) in [6.45, 7) is 1.91. The van der Waals surface area contributed by atoms with E-state index in [0.29, 0.717) is 5.69 Å². The lowest BCUT2D eigenvalue weighted by molar-refractivity contribution is 0.0594. The van der Waals surface area contributed by atoms with Gasteiger partial charge >= 0.3 is 5.97 Å². The monoisotopic (exact) mass is 294 g/mol. The van der Waals surface area contributed by atoms with Crippen LogP contribution in [0.3, 0.4) is 0 Å². The van der Waals surface area contributed by atoms with Gasteiger partial charge in [0.2, 0.25) is 0 Å². The van der Waals surface area contributed by atoms with Crippen LogP contribution in [-0.4, -0.2) is 36.3 Å². The van der Waals surface area contributed by atoms with Gasteiger partial charge in [0.25, 0.3) is 0 Å². The van der Waals surface area contributed by atoms with Gasteiger partial charge in [-0.1, -0.05) is 19.3 Å². The number of aliphatic hydroxyl groups excluding tert-OH is 1. The molecule has 1 aliphatic carbocycles. The van der Waals surface area contributed by atoms with Gasteiger partial charge in [0.15, 0.2) is 0 Å².